The summed E-state index contributed by atoms with van der Waals surface area (Å²) in [6.45, 7) is -1.15. The van der Waals surface area contributed by atoms with Crippen molar-refractivity contribution in [2.45, 2.75) is 104 Å². The predicted molar refractivity (Wildman–Crippen MR) is 144 cm³/mol. The maximum absolute atomic E-state index is 12.8. The second kappa shape index (κ2) is 15.9. The molecule has 0 radical (unpaired) electrons. The van der Waals surface area contributed by atoms with Crippen LogP contribution in [-0.4, -0.2) is 182 Å². The SMILES string of the molecule is NCC(O)C(O)C(=O)N[C@@H]1C[C@H](N)C([C@H]2O[C@H](CNCCO)[C@@H](O)[C@H](O)[C@H]2N)[C@H](O)[C@H]1O[C@H]1O[C@H](CO)[C@@H](O)[C@H](N)[C@H]1O. The Bertz CT molecular complexity index is 882. The van der Waals surface area contributed by atoms with E-state index in [1.807, 2.05) is 0 Å². The molecule has 2 heterocycles. The molecule has 0 spiro atoms. The van der Waals surface area contributed by atoms with E-state index in [4.69, 9.17) is 42.3 Å². The van der Waals surface area contributed by atoms with Crippen molar-refractivity contribution < 1.29 is 65.0 Å². The first-order valence-electron chi connectivity index (χ1n) is 14.2. The molecule has 2 aliphatic heterocycles. The number of carbonyl (C=O) groups is 1. The van der Waals surface area contributed by atoms with Crippen molar-refractivity contribution in [1.82, 2.24) is 10.6 Å². The molecule has 2 saturated heterocycles. The van der Waals surface area contributed by atoms with Crippen molar-refractivity contribution in [2.24, 2.45) is 28.9 Å². The van der Waals surface area contributed by atoms with E-state index < -0.39 is 123 Å². The number of ether oxygens (including phenoxy) is 3. The quantitative estimate of drug-likeness (QED) is 0.0891. The van der Waals surface area contributed by atoms with Crippen LogP contribution in [-0.2, 0) is 19.0 Å². The molecular weight excluding hydrogens is 580 g/mol. The maximum Gasteiger partial charge on any atom is 0.251 e. The van der Waals surface area contributed by atoms with Gasteiger partial charge in [-0.25, -0.2) is 0 Å². The molecule has 19 heteroatoms. The van der Waals surface area contributed by atoms with Gasteiger partial charge in [-0.2, -0.15) is 0 Å². The van der Waals surface area contributed by atoms with Crippen molar-refractivity contribution in [2.75, 3.05) is 32.8 Å². The van der Waals surface area contributed by atoms with Crippen LogP contribution in [0.4, 0.5) is 0 Å². The molecule has 0 aromatic heterocycles. The van der Waals surface area contributed by atoms with E-state index in [0.29, 0.717) is 0 Å². The van der Waals surface area contributed by atoms with Gasteiger partial charge in [0.05, 0.1) is 49.7 Å². The molecule has 19 nitrogen and oxygen atoms in total. The smallest absolute Gasteiger partial charge is 0.251 e. The summed E-state index contributed by atoms with van der Waals surface area (Å²) in [5.74, 6) is -2.18. The van der Waals surface area contributed by atoms with E-state index in [2.05, 4.69) is 10.6 Å². The van der Waals surface area contributed by atoms with Crippen LogP contribution in [0.3, 0.4) is 0 Å². The molecule has 0 bridgehead atoms. The van der Waals surface area contributed by atoms with Gasteiger partial charge in [0.15, 0.2) is 12.4 Å². The van der Waals surface area contributed by atoms with Gasteiger partial charge < -0.3 is 93.7 Å². The molecule has 3 aliphatic rings. The average Bonchev–Trinajstić information content (AvgIpc) is 2.98. The molecule has 19 N–H and O–H groups in total. The van der Waals surface area contributed by atoms with Crippen LogP contribution in [0.15, 0.2) is 0 Å². The van der Waals surface area contributed by atoms with Crippen molar-refractivity contribution in [3.8, 4) is 0 Å². The fraction of sp³-hybridized carbons (Fsp3) is 0.958. The first-order chi connectivity index (χ1) is 20.3. The summed E-state index contributed by atoms with van der Waals surface area (Å²) in [5.41, 5.74) is 23.9. The van der Waals surface area contributed by atoms with Gasteiger partial charge in [-0.15, -0.1) is 0 Å². The Morgan fingerprint density at radius 2 is 1.58 bits per heavy atom. The number of rotatable bonds is 12. The standard InChI is InChI=1S/C24H48N6O13/c25-4-9(33)15(34)23(40)30-8-3-7(26)12(22-14(28)19(38)17(36)10(41-22)5-29-1-2-31)18(37)21(8)43-24-20(39)13(27)16(35)11(6-32)42-24/h7-22,24,29,31-39H,1-6,25-28H2,(H,30,40)/t7-,8+,9?,10+,11+,12?,13-,14+,15?,16+,17+,18-,19+,20+,21-,22+,24+/m0/s1. The summed E-state index contributed by atoms with van der Waals surface area (Å²) in [7, 11) is 0. The van der Waals surface area contributed by atoms with Crippen LogP contribution >= 0.6 is 0 Å². The topological polar surface area (TPSA) is 355 Å². The van der Waals surface area contributed by atoms with Gasteiger partial charge in [-0.05, 0) is 6.42 Å². The lowest BCUT2D eigenvalue weighted by molar-refractivity contribution is -0.307. The number of hydrogen-bond donors (Lipinski definition) is 15. The van der Waals surface area contributed by atoms with Gasteiger partial charge in [0, 0.05) is 31.6 Å². The Balaban J connectivity index is 1.91. The van der Waals surface area contributed by atoms with Crippen LogP contribution in [0.1, 0.15) is 6.42 Å². The number of hydrogen-bond acceptors (Lipinski definition) is 18. The Kier molecular flexibility index (Phi) is 13.4. The van der Waals surface area contributed by atoms with Crippen molar-refractivity contribution in [3.63, 3.8) is 0 Å². The molecule has 1 saturated carbocycles. The minimum atomic E-state index is -1.95. The summed E-state index contributed by atoms with van der Waals surface area (Å²) in [6.07, 6.45) is -18.0. The first kappa shape index (κ1) is 36.3. The van der Waals surface area contributed by atoms with Crippen LogP contribution < -0.4 is 33.6 Å². The molecule has 43 heavy (non-hydrogen) atoms. The molecule has 1 aliphatic carbocycles. The van der Waals surface area contributed by atoms with Gasteiger partial charge in [-0.1, -0.05) is 0 Å². The predicted octanol–water partition coefficient (Wildman–Crippen LogP) is -9.59. The molecule has 3 fully saturated rings. The highest BCUT2D eigenvalue weighted by Gasteiger charge is 2.55. The molecule has 252 valence electrons. The highest BCUT2D eigenvalue weighted by atomic mass is 16.7. The maximum atomic E-state index is 12.8. The summed E-state index contributed by atoms with van der Waals surface area (Å²) >= 11 is 0. The summed E-state index contributed by atoms with van der Waals surface area (Å²) < 4.78 is 17.5. The zero-order chi connectivity index (χ0) is 32.2. The second-order valence-electron chi connectivity index (χ2n) is 11.3. The van der Waals surface area contributed by atoms with E-state index in [0.717, 1.165) is 0 Å². The summed E-state index contributed by atoms with van der Waals surface area (Å²) in [5, 5.41) is 97.8. The number of nitrogens with one attached hydrogen (secondary N) is 2. The zero-order valence-electron chi connectivity index (χ0n) is 23.5. The van der Waals surface area contributed by atoms with Crippen molar-refractivity contribution in [3.05, 3.63) is 0 Å². The van der Waals surface area contributed by atoms with Crippen molar-refractivity contribution >= 4 is 5.91 Å². The van der Waals surface area contributed by atoms with E-state index >= 15 is 0 Å². The van der Waals surface area contributed by atoms with Crippen LogP contribution in [0, 0.1) is 5.92 Å². The van der Waals surface area contributed by atoms with E-state index in [1.165, 1.54) is 0 Å². The second-order valence-corrected chi connectivity index (χ2v) is 11.3. The Hall–Kier alpha value is -1.21. The summed E-state index contributed by atoms with van der Waals surface area (Å²) in [6, 6.07) is -4.75. The monoisotopic (exact) mass is 628 g/mol. The number of carbonyl (C=O) groups excluding carboxylic acids is 1. The Labute approximate surface area is 247 Å². The fourth-order valence-corrected chi connectivity index (χ4v) is 5.86. The molecule has 0 aromatic rings. The highest BCUT2D eigenvalue weighted by Crippen LogP contribution is 2.37. The average molecular weight is 629 g/mol. The lowest BCUT2D eigenvalue weighted by Gasteiger charge is -2.52. The van der Waals surface area contributed by atoms with E-state index in [1.54, 1.807) is 0 Å². The number of nitrogens with two attached hydrogens (primary N) is 4. The lowest BCUT2D eigenvalue weighted by Crippen LogP contribution is -2.72. The number of amides is 1. The van der Waals surface area contributed by atoms with E-state index in [-0.39, 0.29) is 26.1 Å². The zero-order valence-corrected chi connectivity index (χ0v) is 23.5. The Morgan fingerprint density at radius 3 is 2.19 bits per heavy atom. The minimum absolute atomic E-state index is 0.00486. The van der Waals surface area contributed by atoms with Gasteiger partial charge in [0.2, 0.25) is 0 Å². The highest BCUT2D eigenvalue weighted by molar-refractivity contribution is 5.81. The van der Waals surface area contributed by atoms with Gasteiger partial charge >= 0.3 is 0 Å². The molecule has 3 unspecified atom stereocenters. The van der Waals surface area contributed by atoms with Gasteiger partial charge in [0.1, 0.15) is 42.7 Å². The summed E-state index contributed by atoms with van der Waals surface area (Å²) in [4.78, 5) is 12.8. The van der Waals surface area contributed by atoms with Crippen molar-refractivity contribution in [1.29, 1.82) is 0 Å². The molecular formula is C24H48N6O13. The third-order valence-electron chi connectivity index (χ3n) is 8.43. The van der Waals surface area contributed by atoms with Crippen LogP contribution in [0.5, 0.6) is 0 Å². The normalized spacial score (nSPS) is 45.4. The molecule has 17 atom stereocenters. The molecule has 0 aromatic carbocycles. The fourth-order valence-electron chi connectivity index (χ4n) is 5.86. The largest absolute Gasteiger partial charge is 0.395 e. The van der Waals surface area contributed by atoms with Crippen LogP contribution in [0.2, 0.25) is 0 Å². The Morgan fingerprint density at radius 1 is 0.907 bits per heavy atom. The third-order valence-corrected chi connectivity index (χ3v) is 8.43. The van der Waals surface area contributed by atoms with Gasteiger partial charge in [-0.3, -0.25) is 4.79 Å². The third kappa shape index (κ3) is 7.96. The lowest BCUT2D eigenvalue weighted by atomic mass is 9.71. The van der Waals surface area contributed by atoms with Gasteiger partial charge in [0.25, 0.3) is 5.91 Å². The van der Waals surface area contributed by atoms with E-state index in [9.17, 15) is 45.6 Å². The number of aliphatic hydroxyl groups excluding tert-OH is 9. The number of aliphatic hydroxyl groups is 9. The molecule has 1 amide bonds. The first-order valence-corrected chi connectivity index (χ1v) is 14.2. The minimum Gasteiger partial charge on any atom is -0.395 e. The van der Waals surface area contributed by atoms with Crippen LogP contribution in [0.25, 0.3) is 0 Å². The molecule has 3 rings (SSSR count).